The molecule has 0 fully saturated rings. The predicted octanol–water partition coefficient (Wildman–Crippen LogP) is 6.28. The van der Waals surface area contributed by atoms with Gasteiger partial charge >= 0.3 is 6.18 Å². The van der Waals surface area contributed by atoms with Gasteiger partial charge in [0, 0.05) is 66.1 Å². The quantitative estimate of drug-likeness (QED) is 0.0115. The summed E-state index contributed by atoms with van der Waals surface area (Å²) in [5.74, 6) is -1.46. The lowest BCUT2D eigenvalue weighted by Crippen LogP contribution is -2.78. The first kappa shape index (κ1) is 122. The Bertz CT molecular complexity index is 3060. The molecule has 6 rings (SSSR count). The molecule has 6 aromatic carbocycles. The number of hydrogen-bond acceptors (Lipinski definition) is 12. The van der Waals surface area contributed by atoms with E-state index in [1.807, 2.05) is 106 Å². The monoisotopic (exact) mass is 1860 g/mol. The van der Waals surface area contributed by atoms with Crippen LogP contribution < -0.4 is 53.2 Å². The van der Waals surface area contributed by atoms with Crippen LogP contribution in [0.2, 0.25) is 35.2 Å². The maximum Gasteiger partial charge on any atom is 0.411 e. The van der Waals surface area contributed by atoms with Crippen LogP contribution >= 0.6 is 81.2 Å². The molecule has 0 spiro atoms. The molecule has 0 atom stereocenters. The maximum atomic E-state index is 13.2. The Morgan fingerprint density at radius 3 is 1.07 bits per heavy atom. The van der Waals surface area contributed by atoms with Crippen LogP contribution in [0.5, 0.6) is 0 Å². The van der Waals surface area contributed by atoms with Gasteiger partial charge in [-0.15, -0.1) is 0 Å². The maximum absolute atomic E-state index is 13.2. The highest BCUT2D eigenvalue weighted by Gasteiger charge is 2.27. The molecule has 22 nitrogen and oxygen atoms in total. The van der Waals surface area contributed by atoms with E-state index in [9.17, 15) is 35.1 Å². The first-order chi connectivity index (χ1) is 57.8. The van der Waals surface area contributed by atoms with E-state index in [1.165, 1.54) is 23.5 Å². The topological polar surface area (TPSA) is 277 Å². The van der Waals surface area contributed by atoms with Gasteiger partial charge in [0.25, 0.3) is 6.43 Å². The van der Waals surface area contributed by atoms with Gasteiger partial charge in [-0.2, -0.15) is 83.6 Å². The summed E-state index contributed by atoms with van der Waals surface area (Å²) in [6.07, 6.45) is -6.56. The van der Waals surface area contributed by atoms with Crippen molar-refractivity contribution in [1.82, 2.24) is 0 Å². The van der Waals surface area contributed by atoms with Crippen molar-refractivity contribution < 1.29 is 145 Å². The summed E-state index contributed by atoms with van der Waals surface area (Å²) in [6.45, 7) is 20.2. The van der Waals surface area contributed by atoms with E-state index in [0.717, 1.165) is 117 Å². The molecule has 120 heavy (non-hydrogen) atoms. The fourth-order valence-corrected chi connectivity index (χ4v) is 9.19. The first-order valence-corrected chi connectivity index (χ1v) is 40.9. The third-order valence-electron chi connectivity index (χ3n) is 13.6. The van der Waals surface area contributed by atoms with Gasteiger partial charge in [0.2, 0.25) is 0 Å². The fourth-order valence-electron chi connectivity index (χ4n) is 7.60. The van der Waals surface area contributed by atoms with Crippen LogP contribution in [0.4, 0.5) is 35.1 Å². The molecule has 0 aliphatic carbocycles. The average molecular weight is 1860 g/mol. The van der Waals surface area contributed by atoms with Crippen molar-refractivity contribution in [2.75, 3.05) is 185 Å². The number of alkyl halides is 5. The van der Waals surface area contributed by atoms with Crippen LogP contribution in [-0.2, 0) is 96.5 Å². The molecule has 0 unspecified atom stereocenters. The van der Waals surface area contributed by atoms with Crippen molar-refractivity contribution in [2.24, 2.45) is 0 Å². The highest BCUT2D eigenvalue weighted by atomic mass is 35.5. The van der Waals surface area contributed by atoms with Crippen LogP contribution in [0.1, 0.15) is 40.3 Å². The molecule has 0 aliphatic rings. The van der Waals surface area contributed by atoms with Crippen molar-refractivity contribution >= 4 is 81.2 Å². The molecular weight excluding hydrogens is 1730 g/mol. The van der Waals surface area contributed by atoms with Crippen molar-refractivity contribution in [1.29, 1.82) is 0 Å². The highest BCUT2D eigenvalue weighted by Crippen LogP contribution is 2.23. The van der Waals surface area contributed by atoms with Crippen molar-refractivity contribution in [3.63, 3.8) is 0 Å². The molecule has 0 saturated carbocycles. The van der Waals surface area contributed by atoms with E-state index in [2.05, 4.69) is 80.0 Å². The zero-order valence-corrected chi connectivity index (χ0v) is 74.7. The summed E-state index contributed by atoms with van der Waals surface area (Å²) in [7, 11) is 37.1. The number of halogens is 15. The Hall–Kier alpha value is -4.09. The third-order valence-corrected chi connectivity index (χ3v) is 15.4. The largest absolute Gasteiger partial charge is 0.477 e. The van der Waals surface area contributed by atoms with Gasteiger partial charge < -0.3 is 110 Å². The first-order valence-electron chi connectivity index (χ1n) is 38.3. The van der Waals surface area contributed by atoms with Crippen LogP contribution in [0, 0.1) is 87.9 Å². The summed E-state index contributed by atoms with van der Waals surface area (Å²) in [5, 5.41) is 22.1. The Morgan fingerprint density at radius 1 is 0.317 bits per heavy atom. The molecule has 692 valence electrons. The Morgan fingerprint density at radius 2 is 0.667 bits per heavy atom. The molecule has 6 aromatic rings. The Balaban J connectivity index is -0.000000626. The lowest BCUT2D eigenvalue weighted by molar-refractivity contribution is -0.598. The van der Waals surface area contributed by atoms with Gasteiger partial charge in [0.1, 0.15) is 30.7 Å². The second-order valence-electron chi connectivity index (χ2n) is 23.8. The van der Waals surface area contributed by atoms with Crippen LogP contribution in [-0.4, -0.2) is 197 Å². The number of methoxy groups -OCH3 is 1. The number of rotatable bonds is 52. The number of benzene rings is 6. The Labute approximate surface area is 743 Å². The SMILES string of the molecule is [CH2-][NH2+]CCOCC(F)(F)F.[CH2-][NH2+]CCOCC(F)F.[CH2-][NH2+]CCOCCOC.[CH2-][NH2+]CCOCCOCC.[CH2-][NH2+]CCOCc1cc(Cl)cc(Cl)c1.[CH2-][NH2+]CCOCc1ccc(Cl)cc1Cl.[CH2-][NH2+]CCOCc1ccc(Cl)cc1F.[CH2-][NH2+]CCOCc1ccc(F)cc1F.[CH2-][NH2+]CCOCc1cccc(Cl)c1.[CH2-][NH2+]CCOCc1ccccc1Cl. The molecule has 0 aromatic heterocycles. The summed E-state index contributed by atoms with van der Waals surface area (Å²) in [6, 6.07) is 34.2. The zero-order chi connectivity index (χ0) is 90.3. The molecule has 0 heterocycles. The van der Waals surface area contributed by atoms with E-state index in [-0.39, 0.29) is 25.6 Å². The summed E-state index contributed by atoms with van der Waals surface area (Å²) in [4.78, 5) is 0. The lowest BCUT2D eigenvalue weighted by Gasteiger charge is -2.06. The fraction of sp³-hybridized carbons (Fsp3) is 0.446. The van der Waals surface area contributed by atoms with Gasteiger partial charge in [-0.3, -0.25) is 0 Å². The molecule has 0 aliphatic heterocycles. The summed E-state index contributed by atoms with van der Waals surface area (Å²) in [5.41, 5.74) is 4.99. The van der Waals surface area contributed by atoms with Gasteiger partial charge in [-0.25, -0.2) is 22.0 Å². The zero-order valence-electron chi connectivity index (χ0n) is 69.4. The second kappa shape index (κ2) is 91.1. The van der Waals surface area contributed by atoms with E-state index in [1.54, 1.807) is 53.4 Å². The molecule has 0 saturated heterocycles. The number of nitrogens with two attached hydrogens (primary N) is 10. The van der Waals surface area contributed by atoms with Crippen molar-refractivity contribution in [3.8, 4) is 0 Å². The summed E-state index contributed by atoms with van der Waals surface area (Å²) < 4.78 is 156. The third kappa shape index (κ3) is 86.0. The second-order valence-corrected chi connectivity index (χ2v) is 26.8. The standard InChI is InChI=1S/2C10H13Cl2NO.C10H13ClFNO.2C10H14ClNO.C10H13F2NO.C7H17NO2.C6H15NO2.C5H10F3NO.C5H11F2NO/c1-13-2-3-14-7-8-4-9(11)6-10(12)5-8;2*1-13-4-5-14-7-8-2-3-9(11)6-10(8)12;1-12-5-6-13-8-9-3-2-4-10(11)7-9;1-12-6-7-13-8-9-4-2-3-5-10(9)11;1-13-4-5-14-7-8-2-3-9(11)6-10(8)12;1-3-9-6-7-10-5-4-8-2;1-7-3-4-9-6-5-8-2;1-9-2-3-10-4-5(6,7)8;1-8-2-3-9-4-5(6)7/h4-6H,1-3,7,13H2;2*2-3,6H,1,4-5,7,13H2;2-4,7H,1,5-6,8,12H2;2-5H,1,6-8,12H2;2-3,6H,1,4-5,7,13H2;2-8H2,1H3;1,3-7H2,2H3;1-4,9H2;5H,1-4,8H2. The lowest BCUT2D eigenvalue weighted by atomic mass is 10.2. The van der Waals surface area contributed by atoms with E-state index >= 15 is 0 Å². The minimum Gasteiger partial charge on any atom is -0.477 e. The molecule has 37 heteroatoms. The smallest absolute Gasteiger partial charge is 0.411 e. The van der Waals surface area contributed by atoms with Crippen molar-refractivity contribution in [2.45, 2.75) is 59.2 Å². The number of hydrogen-bond donors (Lipinski definition) is 10. The highest BCUT2D eigenvalue weighted by molar-refractivity contribution is 6.35. The average Bonchev–Trinajstić information content (AvgIpc) is 0.887. The number of quaternary nitrogens is 10. The van der Waals surface area contributed by atoms with E-state index < -0.39 is 37.4 Å². The number of ether oxygens (including phenoxy) is 12. The predicted molar refractivity (Wildman–Crippen MR) is 457 cm³/mol. The van der Waals surface area contributed by atoms with Gasteiger partial charge in [-0.05, 0) is 95.9 Å². The van der Waals surface area contributed by atoms with Gasteiger partial charge in [-0.1, -0.05) is 130 Å². The molecule has 20 N–H and O–H groups in total. The molecular formula is C83H133Cl7F8N10O12. The minimum absolute atomic E-state index is 0.0863. The molecule has 0 radical (unpaired) electrons. The summed E-state index contributed by atoms with van der Waals surface area (Å²) >= 11 is 40.7. The van der Waals surface area contributed by atoms with Gasteiger partial charge in [0.05, 0.1) is 198 Å². The van der Waals surface area contributed by atoms with Crippen LogP contribution in [0.3, 0.4) is 0 Å². The van der Waals surface area contributed by atoms with Gasteiger partial charge in [0.15, 0.2) is 0 Å². The van der Waals surface area contributed by atoms with Crippen molar-refractivity contribution in [3.05, 3.63) is 278 Å². The Kier molecular flexibility index (Phi) is 92.8. The molecule has 0 amide bonds. The molecule has 0 bridgehead atoms. The normalized spacial score (nSPS) is 10.5. The van der Waals surface area contributed by atoms with Crippen LogP contribution in [0.25, 0.3) is 0 Å². The van der Waals surface area contributed by atoms with E-state index in [0.29, 0.717) is 142 Å². The van der Waals surface area contributed by atoms with Crippen LogP contribution in [0.15, 0.2) is 121 Å². The van der Waals surface area contributed by atoms with E-state index in [4.69, 9.17) is 129 Å². The minimum atomic E-state index is -4.21.